The number of pyridine rings is 1. The fourth-order valence-corrected chi connectivity index (χ4v) is 1.64. The van der Waals surface area contributed by atoms with Crippen molar-refractivity contribution in [3.63, 3.8) is 0 Å². The first kappa shape index (κ1) is 14.7. The minimum atomic E-state index is -1.17. The summed E-state index contributed by atoms with van der Waals surface area (Å²) in [6.07, 6.45) is 1.18. The number of carbonyl (C=O) groups is 2. The number of amides is 2. The van der Waals surface area contributed by atoms with Crippen molar-refractivity contribution in [1.29, 1.82) is 0 Å². The molecule has 6 nitrogen and oxygen atoms in total. The van der Waals surface area contributed by atoms with E-state index in [1.807, 2.05) is 0 Å². The van der Waals surface area contributed by atoms with Crippen molar-refractivity contribution < 1.29 is 19.1 Å². The second-order valence-electron chi connectivity index (χ2n) is 3.94. The van der Waals surface area contributed by atoms with E-state index in [1.165, 1.54) is 30.5 Å². The van der Waals surface area contributed by atoms with Crippen molar-refractivity contribution in [3.8, 4) is 0 Å². The van der Waals surface area contributed by atoms with E-state index < -0.39 is 17.8 Å². The van der Waals surface area contributed by atoms with Gasteiger partial charge in [-0.1, -0.05) is 11.6 Å². The average Bonchev–Trinajstić information content (AvgIpc) is 2.43. The maximum Gasteiger partial charge on any atom is 0.354 e. The number of carboxylic acid groups (broad SMARTS) is 1. The largest absolute Gasteiger partial charge is 0.477 e. The summed E-state index contributed by atoms with van der Waals surface area (Å²) in [5.74, 6) is -1.80. The van der Waals surface area contributed by atoms with Gasteiger partial charge in [-0.25, -0.2) is 19.0 Å². The van der Waals surface area contributed by atoms with Gasteiger partial charge < -0.3 is 15.7 Å². The standard InChI is InChI=1S/C13H9ClFN3O3/c14-7-1-3-9(15)11(5-7)18-13(21)17-8-2-4-10(12(19)20)16-6-8/h1-6H,(H,19,20)(H2,17,18,21). The number of rotatable bonds is 3. The Morgan fingerprint density at radius 1 is 1.19 bits per heavy atom. The molecule has 0 spiro atoms. The van der Waals surface area contributed by atoms with Gasteiger partial charge in [-0.2, -0.15) is 0 Å². The number of hydrogen-bond donors (Lipinski definition) is 3. The number of halogens is 2. The van der Waals surface area contributed by atoms with Crippen LogP contribution in [0.3, 0.4) is 0 Å². The number of urea groups is 1. The van der Waals surface area contributed by atoms with Crippen LogP contribution in [0.2, 0.25) is 5.02 Å². The van der Waals surface area contributed by atoms with Crippen molar-refractivity contribution in [1.82, 2.24) is 4.98 Å². The fraction of sp³-hybridized carbons (Fsp3) is 0. The van der Waals surface area contributed by atoms with Crippen LogP contribution >= 0.6 is 11.6 Å². The lowest BCUT2D eigenvalue weighted by Gasteiger charge is -2.08. The highest BCUT2D eigenvalue weighted by Gasteiger charge is 2.09. The first-order valence-corrected chi connectivity index (χ1v) is 6.06. The van der Waals surface area contributed by atoms with E-state index in [0.29, 0.717) is 0 Å². The molecule has 3 N–H and O–H groups in total. The number of nitrogens with one attached hydrogen (secondary N) is 2. The van der Waals surface area contributed by atoms with Crippen LogP contribution in [0.15, 0.2) is 36.5 Å². The first-order chi connectivity index (χ1) is 9.95. The van der Waals surface area contributed by atoms with Crippen molar-refractivity contribution in [2.24, 2.45) is 0 Å². The van der Waals surface area contributed by atoms with Crippen LogP contribution < -0.4 is 10.6 Å². The SMILES string of the molecule is O=C(Nc1ccc(C(=O)O)nc1)Nc1cc(Cl)ccc1F. The topological polar surface area (TPSA) is 91.3 Å². The summed E-state index contributed by atoms with van der Waals surface area (Å²) in [6.45, 7) is 0. The van der Waals surface area contributed by atoms with Gasteiger partial charge in [-0.3, -0.25) is 0 Å². The molecular weight excluding hydrogens is 301 g/mol. The van der Waals surface area contributed by atoms with Crippen molar-refractivity contribution in [2.75, 3.05) is 10.6 Å². The zero-order chi connectivity index (χ0) is 15.4. The molecule has 0 unspecified atom stereocenters. The van der Waals surface area contributed by atoms with Gasteiger partial charge in [0, 0.05) is 5.02 Å². The minimum Gasteiger partial charge on any atom is -0.477 e. The summed E-state index contributed by atoms with van der Waals surface area (Å²) in [6, 6.07) is 5.64. The smallest absolute Gasteiger partial charge is 0.354 e. The number of anilines is 2. The van der Waals surface area contributed by atoms with Crippen molar-refractivity contribution in [3.05, 3.63) is 53.1 Å². The van der Waals surface area contributed by atoms with Gasteiger partial charge in [-0.05, 0) is 30.3 Å². The number of nitrogens with zero attached hydrogens (tertiary/aromatic N) is 1. The summed E-state index contributed by atoms with van der Waals surface area (Å²) in [5, 5.41) is 13.6. The third-order valence-electron chi connectivity index (χ3n) is 2.42. The second-order valence-corrected chi connectivity index (χ2v) is 4.38. The Kier molecular flexibility index (Phi) is 4.34. The zero-order valence-corrected chi connectivity index (χ0v) is 11.2. The van der Waals surface area contributed by atoms with Crippen molar-refractivity contribution >= 4 is 35.0 Å². The van der Waals surface area contributed by atoms with Gasteiger partial charge in [0.15, 0.2) is 0 Å². The quantitative estimate of drug-likeness (QED) is 0.812. The molecule has 0 aliphatic carbocycles. The number of hydrogen-bond acceptors (Lipinski definition) is 3. The minimum absolute atomic E-state index is 0.0740. The second kappa shape index (κ2) is 6.19. The maximum atomic E-state index is 13.4. The Balaban J connectivity index is 2.04. The monoisotopic (exact) mass is 309 g/mol. The predicted molar refractivity (Wildman–Crippen MR) is 75.2 cm³/mol. The molecule has 1 aromatic carbocycles. The van der Waals surface area contributed by atoms with E-state index in [4.69, 9.17) is 16.7 Å². The summed E-state index contributed by atoms with van der Waals surface area (Å²) in [7, 11) is 0. The molecule has 0 atom stereocenters. The van der Waals surface area contributed by atoms with Crippen LogP contribution in [0.25, 0.3) is 0 Å². The molecule has 0 saturated carbocycles. The molecule has 8 heteroatoms. The highest BCUT2D eigenvalue weighted by atomic mass is 35.5. The van der Waals surface area contributed by atoms with Gasteiger partial charge in [0.05, 0.1) is 17.6 Å². The van der Waals surface area contributed by atoms with Crippen LogP contribution in [-0.2, 0) is 0 Å². The normalized spacial score (nSPS) is 10.0. The van der Waals surface area contributed by atoms with Crippen LogP contribution in [0, 0.1) is 5.82 Å². The third-order valence-corrected chi connectivity index (χ3v) is 2.65. The van der Waals surface area contributed by atoms with E-state index in [9.17, 15) is 14.0 Å². The number of carbonyl (C=O) groups excluding carboxylic acids is 1. The average molecular weight is 310 g/mol. The molecule has 0 bridgehead atoms. The van der Waals surface area contributed by atoms with Crippen LogP contribution in [0.4, 0.5) is 20.6 Å². The lowest BCUT2D eigenvalue weighted by Crippen LogP contribution is -2.20. The molecule has 1 heterocycles. The number of carboxylic acids is 1. The maximum absolute atomic E-state index is 13.4. The molecule has 0 aliphatic heterocycles. The summed E-state index contributed by atoms with van der Waals surface area (Å²) >= 11 is 5.70. The molecule has 0 radical (unpaired) electrons. The Bertz CT molecular complexity index is 692. The Labute approximate surface area is 123 Å². The molecule has 1 aromatic heterocycles. The van der Waals surface area contributed by atoms with Gasteiger partial charge in [0.25, 0.3) is 0 Å². The lowest BCUT2D eigenvalue weighted by atomic mass is 10.3. The van der Waals surface area contributed by atoms with E-state index in [2.05, 4.69) is 15.6 Å². The van der Waals surface area contributed by atoms with Gasteiger partial charge in [0.2, 0.25) is 0 Å². The molecule has 2 aromatic rings. The lowest BCUT2D eigenvalue weighted by molar-refractivity contribution is 0.0690. The van der Waals surface area contributed by atoms with E-state index >= 15 is 0 Å². The molecule has 108 valence electrons. The first-order valence-electron chi connectivity index (χ1n) is 5.68. The Morgan fingerprint density at radius 3 is 2.57 bits per heavy atom. The predicted octanol–water partition coefficient (Wildman–Crippen LogP) is 3.22. The van der Waals surface area contributed by atoms with E-state index in [1.54, 1.807) is 0 Å². The van der Waals surface area contributed by atoms with E-state index in [0.717, 1.165) is 6.07 Å². The fourth-order valence-electron chi connectivity index (χ4n) is 1.47. The van der Waals surface area contributed by atoms with Crippen LogP contribution in [0.1, 0.15) is 10.5 Å². The Hall–Kier alpha value is -2.67. The van der Waals surface area contributed by atoms with Gasteiger partial charge in [-0.15, -0.1) is 0 Å². The molecule has 2 amide bonds. The Morgan fingerprint density at radius 2 is 1.95 bits per heavy atom. The van der Waals surface area contributed by atoms with Gasteiger partial charge in [0.1, 0.15) is 11.5 Å². The highest BCUT2D eigenvalue weighted by Crippen LogP contribution is 2.19. The molecule has 21 heavy (non-hydrogen) atoms. The molecule has 0 saturated heterocycles. The van der Waals surface area contributed by atoms with Crippen molar-refractivity contribution in [2.45, 2.75) is 0 Å². The molecule has 2 rings (SSSR count). The molecule has 0 fully saturated rings. The summed E-state index contributed by atoms with van der Waals surface area (Å²) < 4.78 is 13.4. The number of aromatic nitrogens is 1. The number of benzene rings is 1. The summed E-state index contributed by atoms with van der Waals surface area (Å²) in [5.41, 5.74) is 0.0388. The van der Waals surface area contributed by atoms with Crippen LogP contribution in [0.5, 0.6) is 0 Å². The molecule has 0 aliphatic rings. The van der Waals surface area contributed by atoms with E-state index in [-0.39, 0.29) is 22.1 Å². The summed E-state index contributed by atoms with van der Waals surface area (Å²) in [4.78, 5) is 25.9. The third kappa shape index (κ3) is 3.90. The highest BCUT2D eigenvalue weighted by molar-refractivity contribution is 6.30. The zero-order valence-electron chi connectivity index (χ0n) is 10.4. The number of aromatic carboxylic acids is 1. The van der Waals surface area contributed by atoms with Gasteiger partial charge >= 0.3 is 12.0 Å². The van der Waals surface area contributed by atoms with Crippen LogP contribution in [-0.4, -0.2) is 22.1 Å². The molecular formula is C13H9ClFN3O3.